The first kappa shape index (κ1) is 16.0. The zero-order valence-electron chi connectivity index (χ0n) is 12.1. The molecule has 1 rings (SSSR count). The highest BCUT2D eigenvalue weighted by Gasteiger charge is 2.10. The Morgan fingerprint density at radius 2 is 1.80 bits per heavy atom. The number of hydrogen-bond acceptors (Lipinski definition) is 2. The van der Waals surface area contributed by atoms with E-state index in [0.29, 0.717) is 12.3 Å². The average molecular weight is 275 g/mol. The van der Waals surface area contributed by atoms with Gasteiger partial charge in [0.05, 0.1) is 6.04 Å². The normalized spacial score (nSPS) is 12.6. The summed E-state index contributed by atoms with van der Waals surface area (Å²) in [4.78, 5) is 22.1. The van der Waals surface area contributed by atoms with E-state index in [4.69, 9.17) is 5.11 Å². The molecule has 0 aromatic heterocycles. The third-order valence-corrected chi connectivity index (χ3v) is 2.83. The summed E-state index contributed by atoms with van der Waals surface area (Å²) in [6.07, 6.45) is 3.15. The number of rotatable bonds is 6. The lowest BCUT2D eigenvalue weighted by Crippen LogP contribution is -2.27. The standard InChI is InChI=1S/C16H21NO3/c1-11(2)10-15(18)17-12(3)14-7-4-13(5-8-14)6-9-16(19)20/h4-9,11-12H,10H2,1-3H3,(H,17,18)(H,19,20). The highest BCUT2D eigenvalue weighted by atomic mass is 16.4. The largest absolute Gasteiger partial charge is 0.478 e. The maximum Gasteiger partial charge on any atom is 0.328 e. The Labute approximate surface area is 119 Å². The minimum absolute atomic E-state index is 0.0438. The molecule has 2 N–H and O–H groups in total. The molecule has 1 amide bonds. The molecule has 0 aliphatic rings. The molecule has 0 bridgehead atoms. The van der Waals surface area contributed by atoms with Gasteiger partial charge in [-0.25, -0.2) is 4.79 Å². The van der Waals surface area contributed by atoms with E-state index in [2.05, 4.69) is 5.32 Å². The lowest BCUT2D eigenvalue weighted by atomic mass is 10.0. The molecule has 1 aromatic rings. The van der Waals surface area contributed by atoms with Gasteiger partial charge in [-0.1, -0.05) is 38.1 Å². The van der Waals surface area contributed by atoms with Gasteiger partial charge < -0.3 is 10.4 Å². The molecule has 108 valence electrons. The SMILES string of the molecule is CC(C)CC(=O)NC(C)c1ccc(C=CC(=O)O)cc1. The van der Waals surface area contributed by atoms with E-state index in [1.54, 1.807) is 0 Å². The maximum atomic E-state index is 11.7. The second kappa shape index (κ2) is 7.48. The fraction of sp³-hybridized carbons (Fsp3) is 0.375. The van der Waals surface area contributed by atoms with E-state index in [1.165, 1.54) is 6.08 Å². The van der Waals surface area contributed by atoms with Crippen LogP contribution in [0.25, 0.3) is 6.08 Å². The second-order valence-electron chi connectivity index (χ2n) is 5.23. The van der Waals surface area contributed by atoms with Gasteiger partial charge in [0.2, 0.25) is 5.91 Å². The van der Waals surface area contributed by atoms with Crippen molar-refractivity contribution in [2.45, 2.75) is 33.2 Å². The van der Waals surface area contributed by atoms with Crippen LogP contribution in [0.15, 0.2) is 30.3 Å². The number of hydrogen-bond donors (Lipinski definition) is 2. The molecule has 0 saturated carbocycles. The number of benzene rings is 1. The number of amides is 1. The van der Waals surface area contributed by atoms with Gasteiger partial charge in [-0.2, -0.15) is 0 Å². The molecule has 1 aromatic carbocycles. The minimum Gasteiger partial charge on any atom is -0.478 e. The van der Waals surface area contributed by atoms with Crippen molar-refractivity contribution < 1.29 is 14.7 Å². The Morgan fingerprint density at radius 3 is 2.30 bits per heavy atom. The van der Waals surface area contributed by atoms with Crippen LogP contribution < -0.4 is 5.32 Å². The monoisotopic (exact) mass is 275 g/mol. The van der Waals surface area contributed by atoms with E-state index < -0.39 is 5.97 Å². The number of carboxylic acid groups (broad SMARTS) is 1. The number of carbonyl (C=O) groups excluding carboxylic acids is 1. The minimum atomic E-state index is -0.969. The summed E-state index contributed by atoms with van der Waals surface area (Å²) in [6, 6.07) is 7.39. The van der Waals surface area contributed by atoms with Crippen LogP contribution in [0.5, 0.6) is 0 Å². The summed E-state index contributed by atoms with van der Waals surface area (Å²) in [7, 11) is 0. The van der Waals surface area contributed by atoms with Crippen LogP contribution in [0.4, 0.5) is 0 Å². The van der Waals surface area contributed by atoms with Gasteiger partial charge in [-0.3, -0.25) is 4.79 Å². The molecule has 0 aliphatic carbocycles. The molecule has 1 unspecified atom stereocenters. The second-order valence-corrected chi connectivity index (χ2v) is 5.23. The summed E-state index contributed by atoms with van der Waals surface area (Å²) in [5.41, 5.74) is 1.81. The van der Waals surface area contributed by atoms with E-state index in [-0.39, 0.29) is 11.9 Å². The molecule has 0 spiro atoms. The van der Waals surface area contributed by atoms with Crippen LogP contribution >= 0.6 is 0 Å². The van der Waals surface area contributed by atoms with Crippen LogP contribution in [-0.4, -0.2) is 17.0 Å². The molecule has 0 fully saturated rings. The third kappa shape index (κ3) is 5.69. The topological polar surface area (TPSA) is 66.4 Å². The molecular formula is C16H21NO3. The Hall–Kier alpha value is -2.10. The molecule has 20 heavy (non-hydrogen) atoms. The number of carboxylic acids is 1. The van der Waals surface area contributed by atoms with Crippen molar-refractivity contribution >= 4 is 18.0 Å². The van der Waals surface area contributed by atoms with Gasteiger partial charge in [-0.05, 0) is 30.0 Å². The van der Waals surface area contributed by atoms with Crippen LogP contribution in [0.2, 0.25) is 0 Å². The predicted octanol–water partition coefficient (Wildman–Crippen LogP) is 3.01. The molecular weight excluding hydrogens is 254 g/mol. The van der Waals surface area contributed by atoms with Crippen molar-refractivity contribution in [3.05, 3.63) is 41.5 Å². The van der Waals surface area contributed by atoms with Crippen molar-refractivity contribution in [3.63, 3.8) is 0 Å². The summed E-state index contributed by atoms with van der Waals surface area (Å²) in [5, 5.41) is 11.5. The van der Waals surface area contributed by atoms with E-state index >= 15 is 0 Å². The lowest BCUT2D eigenvalue weighted by molar-refractivity contribution is -0.131. The van der Waals surface area contributed by atoms with Gasteiger partial charge in [0, 0.05) is 12.5 Å². The fourth-order valence-corrected chi connectivity index (χ4v) is 1.82. The molecule has 4 heteroatoms. The van der Waals surface area contributed by atoms with Gasteiger partial charge in [0.1, 0.15) is 0 Å². The molecule has 0 saturated heterocycles. The van der Waals surface area contributed by atoms with Gasteiger partial charge in [0.15, 0.2) is 0 Å². The van der Waals surface area contributed by atoms with Crippen molar-refractivity contribution in [3.8, 4) is 0 Å². The fourth-order valence-electron chi connectivity index (χ4n) is 1.82. The van der Waals surface area contributed by atoms with E-state index in [1.807, 2.05) is 45.0 Å². The Morgan fingerprint density at radius 1 is 1.20 bits per heavy atom. The number of nitrogens with one attached hydrogen (secondary N) is 1. The highest BCUT2D eigenvalue weighted by Crippen LogP contribution is 2.15. The van der Waals surface area contributed by atoms with Crippen molar-refractivity contribution in [2.75, 3.05) is 0 Å². The summed E-state index contributed by atoms with van der Waals surface area (Å²) < 4.78 is 0. The quantitative estimate of drug-likeness (QED) is 0.784. The molecule has 0 heterocycles. The number of aliphatic carboxylic acids is 1. The predicted molar refractivity (Wildman–Crippen MR) is 79.1 cm³/mol. The van der Waals surface area contributed by atoms with Gasteiger partial charge in [-0.15, -0.1) is 0 Å². The maximum absolute atomic E-state index is 11.7. The molecule has 1 atom stereocenters. The van der Waals surface area contributed by atoms with Crippen LogP contribution in [0, 0.1) is 5.92 Å². The van der Waals surface area contributed by atoms with Crippen molar-refractivity contribution in [2.24, 2.45) is 5.92 Å². The molecule has 0 radical (unpaired) electrons. The summed E-state index contributed by atoms with van der Waals surface area (Å²) >= 11 is 0. The Bertz CT molecular complexity index is 489. The summed E-state index contributed by atoms with van der Waals surface area (Å²) in [5.74, 6) is -0.587. The van der Waals surface area contributed by atoms with Crippen LogP contribution in [-0.2, 0) is 9.59 Å². The third-order valence-electron chi connectivity index (χ3n) is 2.83. The van der Waals surface area contributed by atoms with Crippen molar-refractivity contribution in [1.29, 1.82) is 0 Å². The first-order valence-electron chi connectivity index (χ1n) is 6.69. The van der Waals surface area contributed by atoms with Crippen LogP contribution in [0.1, 0.15) is 44.4 Å². The average Bonchev–Trinajstić information content (AvgIpc) is 2.35. The Kier molecular flexibility index (Phi) is 5.97. The molecule has 4 nitrogen and oxygen atoms in total. The lowest BCUT2D eigenvalue weighted by Gasteiger charge is -2.15. The first-order chi connectivity index (χ1) is 9.38. The smallest absolute Gasteiger partial charge is 0.328 e. The van der Waals surface area contributed by atoms with Crippen molar-refractivity contribution in [1.82, 2.24) is 5.32 Å². The highest BCUT2D eigenvalue weighted by molar-refractivity contribution is 5.85. The van der Waals surface area contributed by atoms with E-state index in [9.17, 15) is 9.59 Å². The summed E-state index contributed by atoms with van der Waals surface area (Å²) in [6.45, 7) is 5.95. The Balaban J connectivity index is 2.63. The van der Waals surface area contributed by atoms with Gasteiger partial charge >= 0.3 is 5.97 Å². The number of carbonyl (C=O) groups is 2. The van der Waals surface area contributed by atoms with Crippen LogP contribution in [0.3, 0.4) is 0 Å². The zero-order valence-corrected chi connectivity index (χ0v) is 12.1. The first-order valence-corrected chi connectivity index (χ1v) is 6.69. The molecule has 0 aliphatic heterocycles. The van der Waals surface area contributed by atoms with E-state index in [0.717, 1.165) is 17.2 Å². The zero-order chi connectivity index (χ0) is 15.1. The van der Waals surface area contributed by atoms with Gasteiger partial charge in [0.25, 0.3) is 0 Å².